The molecule has 6 N–H and O–H groups in total. The zero-order chi connectivity index (χ0) is 32.1. The Morgan fingerprint density at radius 1 is 1.12 bits per heavy atom. The van der Waals surface area contributed by atoms with E-state index in [0.717, 1.165) is 0 Å². The van der Waals surface area contributed by atoms with E-state index in [1.807, 2.05) is 52.8 Å². The van der Waals surface area contributed by atoms with E-state index in [2.05, 4.69) is 6.58 Å². The first-order valence-electron chi connectivity index (χ1n) is 15.3. The molecule has 0 aromatic rings. The SMILES string of the molecule is C=C/C=C\[C@H](C)[C@H](OC(N)=O)[C@@H](C)[C@H](O)[C@H](C)C[C@](C)(O)[C@@H]1[C@H](C)[C@@H](O)[C@@H](C)[C@H]1/C=C/C[C@@H]1OC(=O)[C@H](C)[C@@H](O)[C@H]1C. The van der Waals surface area contributed by atoms with E-state index < -0.39 is 60.0 Å². The molecule has 0 radical (unpaired) electrons. The molecule has 15 atom stereocenters. The van der Waals surface area contributed by atoms with Crippen LogP contribution in [0.3, 0.4) is 0 Å². The normalized spacial score (nSPS) is 37.0. The van der Waals surface area contributed by atoms with E-state index in [1.165, 1.54) is 0 Å². The summed E-state index contributed by atoms with van der Waals surface area (Å²) in [6.07, 6.45) is 5.44. The first-order valence-corrected chi connectivity index (χ1v) is 15.3. The number of hydrogen-bond acceptors (Lipinski definition) is 8. The highest BCUT2D eigenvalue weighted by molar-refractivity contribution is 5.73. The molecule has 1 saturated heterocycles. The van der Waals surface area contributed by atoms with Crippen LogP contribution in [0.4, 0.5) is 4.79 Å². The number of carbonyl (C=O) groups excluding carboxylic acids is 2. The number of rotatable bonds is 13. The van der Waals surface area contributed by atoms with Gasteiger partial charge in [0.1, 0.15) is 12.2 Å². The Labute approximate surface area is 251 Å². The van der Waals surface area contributed by atoms with Gasteiger partial charge in [0.25, 0.3) is 0 Å². The molecule has 42 heavy (non-hydrogen) atoms. The smallest absolute Gasteiger partial charge is 0.404 e. The Balaban J connectivity index is 2.21. The van der Waals surface area contributed by atoms with Gasteiger partial charge < -0.3 is 35.6 Å². The molecule has 0 unspecified atom stereocenters. The lowest BCUT2D eigenvalue weighted by atomic mass is 9.70. The molecular formula is C33H55NO8. The molecule has 9 nitrogen and oxygen atoms in total. The van der Waals surface area contributed by atoms with Crippen LogP contribution in [0.1, 0.15) is 68.2 Å². The largest absolute Gasteiger partial charge is 0.461 e. The van der Waals surface area contributed by atoms with Gasteiger partial charge in [-0.05, 0) is 49.9 Å². The summed E-state index contributed by atoms with van der Waals surface area (Å²) >= 11 is 0. The van der Waals surface area contributed by atoms with Crippen molar-refractivity contribution < 1.29 is 39.5 Å². The molecule has 1 heterocycles. The van der Waals surface area contributed by atoms with Crippen LogP contribution in [0.15, 0.2) is 37.0 Å². The van der Waals surface area contributed by atoms with Crippen molar-refractivity contribution in [1.82, 2.24) is 0 Å². The van der Waals surface area contributed by atoms with Crippen molar-refractivity contribution in [2.45, 2.75) is 104 Å². The third kappa shape index (κ3) is 8.24. The van der Waals surface area contributed by atoms with Gasteiger partial charge in [0.05, 0.1) is 29.8 Å². The van der Waals surface area contributed by atoms with E-state index in [-0.39, 0.29) is 47.8 Å². The summed E-state index contributed by atoms with van der Waals surface area (Å²) in [6, 6.07) is 0. The minimum Gasteiger partial charge on any atom is -0.461 e. The van der Waals surface area contributed by atoms with E-state index in [4.69, 9.17) is 15.2 Å². The number of carbonyl (C=O) groups is 2. The number of nitrogens with two attached hydrogens (primary N) is 1. The fraction of sp³-hybridized carbons (Fsp3) is 0.758. The van der Waals surface area contributed by atoms with Crippen LogP contribution >= 0.6 is 0 Å². The third-order valence-corrected chi connectivity index (χ3v) is 10.1. The summed E-state index contributed by atoms with van der Waals surface area (Å²) in [4.78, 5) is 23.8. The molecule has 0 aromatic heterocycles. The fourth-order valence-corrected chi connectivity index (χ4v) is 7.50. The molecule has 0 spiro atoms. The number of ether oxygens (including phenoxy) is 2. The number of aliphatic hydroxyl groups is 4. The summed E-state index contributed by atoms with van der Waals surface area (Å²) in [5.41, 5.74) is 4.09. The van der Waals surface area contributed by atoms with E-state index in [9.17, 15) is 30.0 Å². The van der Waals surface area contributed by atoms with Gasteiger partial charge in [-0.3, -0.25) is 4.79 Å². The molecule has 0 bridgehead atoms. The number of hydrogen-bond donors (Lipinski definition) is 5. The van der Waals surface area contributed by atoms with Crippen LogP contribution in [0.5, 0.6) is 0 Å². The van der Waals surface area contributed by atoms with Crippen LogP contribution < -0.4 is 5.73 Å². The highest BCUT2D eigenvalue weighted by Gasteiger charge is 2.52. The Kier molecular flexibility index (Phi) is 12.9. The van der Waals surface area contributed by atoms with Gasteiger partial charge in [-0.1, -0.05) is 78.5 Å². The van der Waals surface area contributed by atoms with Crippen molar-refractivity contribution in [1.29, 1.82) is 0 Å². The maximum atomic E-state index is 12.2. The number of amides is 1. The van der Waals surface area contributed by atoms with Crippen LogP contribution in [-0.4, -0.2) is 68.6 Å². The van der Waals surface area contributed by atoms with Crippen molar-refractivity contribution in [3.63, 3.8) is 0 Å². The van der Waals surface area contributed by atoms with Gasteiger partial charge >= 0.3 is 12.1 Å². The molecule has 1 saturated carbocycles. The molecule has 2 fully saturated rings. The summed E-state index contributed by atoms with van der Waals surface area (Å²) < 4.78 is 11.0. The average Bonchev–Trinajstić information content (AvgIpc) is 3.14. The Morgan fingerprint density at radius 2 is 1.74 bits per heavy atom. The zero-order valence-corrected chi connectivity index (χ0v) is 26.6. The number of allylic oxidation sites excluding steroid dienone is 3. The molecule has 1 aliphatic carbocycles. The lowest BCUT2D eigenvalue weighted by Gasteiger charge is -2.41. The monoisotopic (exact) mass is 593 g/mol. The number of primary amides is 1. The second kappa shape index (κ2) is 15.0. The first kappa shape index (κ1) is 36.0. The lowest BCUT2D eigenvalue weighted by Crippen LogP contribution is -2.46. The standard InChI is InChI=1S/C33H55NO8/c1-10-11-13-17(2)30(42-32(34)39)22(7)27(35)18(3)16-33(9,40)26-21(6)28(36)19(4)24(26)14-12-15-25-20(5)29(37)23(8)31(38)41-25/h10-14,17-30,35-37,40H,1,15-16H2,2-9H3,(H2,34,39)/b13-11-,14-12+/t17-,18+,19-,20-,21-,22-,23+,24+,25-,26+,27+,28-,29-,30-,33-/m0/s1. The van der Waals surface area contributed by atoms with Crippen LogP contribution in [0, 0.1) is 53.3 Å². The van der Waals surface area contributed by atoms with Gasteiger partial charge in [-0.2, -0.15) is 0 Å². The highest BCUT2D eigenvalue weighted by Crippen LogP contribution is 2.49. The second-order valence-electron chi connectivity index (χ2n) is 13.4. The molecular weight excluding hydrogens is 538 g/mol. The molecule has 0 aromatic carbocycles. The zero-order valence-electron chi connectivity index (χ0n) is 26.6. The van der Waals surface area contributed by atoms with Gasteiger partial charge in [0.15, 0.2) is 0 Å². The Bertz CT molecular complexity index is 979. The number of cyclic esters (lactones) is 1. The minimum absolute atomic E-state index is 0.130. The van der Waals surface area contributed by atoms with Crippen molar-refractivity contribution in [3.05, 3.63) is 37.0 Å². The van der Waals surface area contributed by atoms with Crippen LogP contribution in [0.25, 0.3) is 0 Å². The predicted molar refractivity (Wildman–Crippen MR) is 162 cm³/mol. The molecule has 2 rings (SSSR count). The Hall–Kier alpha value is -2.20. The highest BCUT2D eigenvalue weighted by atomic mass is 16.6. The minimum atomic E-state index is -1.25. The molecule has 240 valence electrons. The quantitative estimate of drug-likeness (QED) is 0.122. The average molecular weight is 594 g/mol. The maximum Gasteiger partial charge on any atom is 0.404 e. The van der Waals surface area contributed by atoms with Crippen molar-refractivity contribution >= 4 is 12.1 Å². The maximum absolute atomic E-state index is 12.2. The summed E-state index contributed by atoms with van der Waals surface area (Å²) in [6.45, 7) is 18.4. The molecule has 1 amide bonds. The molecule has 2 aliphatic rings. The second-order valence-corrected chi connectivity index (χ2v) is 13.4. The van der Waals surface area contributed by atoms with Crippen molar-refractivity contribution in [2.75, 3.05) is 0 Å². The molecule has 1 aliphatic heterocycles. The van der Waals surface area contributed by atoms with E-state index in [0.29, 0.717) is 6.42 Å². The van der Waals surface area contributed by atoms with Gasteiger partial charge in [-0.25, -0.2) is 4.79 Å². The predicted octanol–water partition coefficient (Wildman–Crippen LogP) is 3.99. The number of aliphatic hydroxyl groups excluding tert-OH is 3. The van der Waals surface area contributed by atoms with Crippen LogP contribution in [-0.2, 0) is 14.3 Å². The summed E-state index contributed by atoms with van der Waals surface area (Å²) in [5, 5.41) is 44.7. The number of esters is 1. The first-order chi connectivity index (χ1) is 19.5. The Morgan fingerprint density at radius 3 is 2.31 bits per heavy atom. The van der Waals surface area contributed by atoms with Crippen molar-refractivity contribution in [2.24, 2.45) is 59.0 Å². The van der Waals surface area contributed by atoms with Gasteiger partial charge in [0, 0.05) is 24.2 Å². The summed E-state index contributed by atoms with van der Waals surface area (Å²) in [7, 11) is 0. The molecule has 9 heteroatoms. The van der Waals surface area contributed by atoms with E-state index in [1.54, 1.807) is 32.9 Å². The fourth-order valence-electron chi connectivity index (χ4n) is 7.50. The van der Waals surface area contributed by atoms with E-state index >= 15 is 0 Å². The topological polar surface area (TPSA) is 160 Å². The van der Waals surface area contributed by atoms with Crippen LogP contribution in [0.2, 0.25) is 0 Å². The van der Waals surface area contributed by atoms with Crippen molar-refractivity contribution in [3.8, 4) is 0 Å². The van der Waals surface area contributed by atoms with Gasteiger partial charge in [-0.15, -0.1) is 0 Å². The lowest BCUT2D eigenvalue weighted by molar-refractivity contribution is -0.176. The van der Waals surface area contributed by atoms with Gasteiger partial charge in [0.2, 0.25) is 0 Å². The third-order valence-electron chi connectivity index (χ3n) is 10.1. The summed E-state index contributed by atoms with van der Waals surface area (Å²) in [5.74, 6) is -3.09.